The van der Waals surface area contributed by atoms with E-state index in [0.717, 1.165) is 24.6 Å². The van der Waals surface area contributed by atoms with Crippen molar-refractivity contribution in [3.8, 4) is 0 Å². The smallest absolute Gasteiger partial charge is 0.321 e. The Kier molecular flexibility index (Phi) is 4.47. The lowest BCUT2D eigenvalue weighted by Crippen LogP contribution is -2.47. The summed E-state index contributed by atoms with van der Waals surface area (Å²) in [6.07, 6.45) is 8.83. The molecule has 1 heterocycles. The van der Waals surface area contributed by atoms with Gasteiger partial charge < -0.3 is 10.2 Å². The SMILES string of the molecule is Cc1ccc(NC(=O)N2CCCC[C@@H]3CCCC[C@H]32)cc1. The largest absolute Gasteiger partial charge is 0.322 e. The molecule has 1 aliphatic heterocycles. The minimum atomic E-state index is 0.0950. The van der Waals surface area contributed by atoms with Crippen LogP contribution in [-0.4, -0.2) is 23.5 Å². The van der Waals surface area contributed by atoms with E-state index < -0.39 is 0 Å². The van der Waals surface area contributed by atoms with Crippen LogP contribution in [0.2, 0.25) is 0 Å². The zero-order valence-corrected chi connectivity index (χ0v) is 13.0. The van der Waals surface area contributed by atoms with E-state index in [9.17, 15) is 4.79 Å². The number of carbonyl (C=O) groups excluding carboxylic acids is 1. The van der Waals surface area contributed by atoms with Gasteiger partial charge in [0.25, 0.3) is 0 Å². The number of amides is 2. The minimum Gasteiger partial charge on any atom is -0.321 e. The average Bonchev–Trinajstić information content (AvgIpc) is 2.72. The number of fused-ring (bicyclic) bond motifs is 1. The lowest BCUT2D eigenvalue weighted by molar-refractivity contribution is 0.138. The van der Waals surface area contributed by atoms with E-state index in [1.165, 1.54) is 44.1 Å². The van der Waals surface area contributed by atoms with Crippen molar-refractivity contribution in [3.05, 3.63) is 29.8 Å². The van der Waals surface area contributed by atoms with Gasteiger partial charge in [-0.15, -0.1) is 0 Å². The van der Waals surface area contributed by atoms with Crippen LogP contribution in [0.15, 0.2) is 24.3 Å². The third kappa shape index (κ3) is 3.39. The van der Waals surface area contributed by atoms with Crippen LogP contribution in [0.4, 0.5) is 10.5 Å². The van der Waals surface area contributed by atoms with Crippen molar-refractivity contribution in [1.29, 1.82) is 0 Å². The molecule has 0 bridgehead atoms. The van der Waals surface area contributed by atoms with E-state index >= 15 is 0 Å². The molecule has 0 radical (unpaired) electrons. The first-order valence-electron chi connectivity index (χ1n) is 8.38. The van der Waals surface area contributed by atoms with E-state index in [2.05, 4.69) is 17.1 Å². The van der Waals surface area contributed by atoms with Crippen molar-refractivity contribution in [2.45, 2.75) is 57.9 Å². The maximum atomic E-state index is 12.7. The molecule has 114 valence electrons. The second kappa shape index (κ2) is 6.50. The van der Waals surface area contributed by atoms with Gasteiger partial charge >= 0.3 is 6.03 Å². The number of rotatable bonds is 1. The quantitative estimate of drug-likeness (QED) is 0.805. The van der Waals surface area contributed by atoms with Crippen molar-refractivity contribution in [1.82, 2.24) is 4.90 Å². The van der Waals surface area contributed by atoms with Crippen molar-refractivity contribution in [2.24, 2.45) is 5.92 Å². The summed E-state index contributed by atoms with van der Waals surface area (Å²) in [7, 11) is 0. The highest BCUT2D eigenvalue weighted by Gasteiger charge is 2.34. The normalized spacial score (nSPS) is 25.9. The summed E-state index contributed by atoms with van der Waals surface area (Å²) in [5.74, 6) is 0.727. The van der Waals surface area contributed by atoms with Gasteiger partial charge in [0.05, 0.1) is 0 Å². The van der Waals surface area contributed by atoms with Crippen molar-refractivity contribution < 1.29 is 4.79 Å². The molecule has 1 aromatic rings. The molecule has 2 fully saturated rings. The van der Waals surface area contributed by atoms with Crippen LogP contribution in [0.5, 0.6) is 0 Å². The third-order valence-electron chi connectivity index (χ3n) is 5.06. The first-order chi connectivity index (χ1) is 10.2. The van der Waals surface area contributed by atoms with Gasteiger partial charge in [0.2, 0.25) is 0 Å². The second-order valence-electron chi connectivity index (χ2n) is 6.60. The van der Waals surface area contributed by atoms with E-state index in [-0.39, 0.29) is 6.03 Å². The molecule has 21 heavy (non-hydrogen) atoms. The van der Waals surface area contributed by atoms with Crippen LogP contribution in [0.1, 0.15) is 50.5 Å². The highest BCUT2D eigenvalue weighted by Crippen LogP contribution is 2.34. The number of carbonyl (C=O) groups is 1. The standard InChI is InChI=1S/C18H26N2O/c1-14-9-11-16(12-10-14)19-18(21)20-13-5-4-7-15-6-2-3-8-17(15)20/h9-12,15,17H,2-8,13H2,1H3,(H,19,21)/t15-,17+/m0/s1. The fraction of sp³-hybridized carbons (Fsp3) is 0.611. The van der Waals surface area contributed by atoms with E-state index in [4.69, 9.17) is 0 Å². The Labute approximate surface area is 127 Å². The molecule has 3 heteroatoms. The Morgan fingerprint density at radius 2 is 1.71 bits per heavy atom. The fourth-order valence-electron chi connectivity index (χ4n) is 3.87. The van der Waals surface area contributed by atoms with E-state index in [1.807, 2.05) is 24.3 Å². The van der Waals surface area contributed by atoms with Gasteiger partial charge in [0, 0.05) is 18.3 Å². The van der Waals surface area contributed by atoms with E-state index in [1.54, 1.807) is 0 Å². The first kappa shape index (κ1) is 14.4. The van der Waals surface area contributed by atoms with Crippen LogP contribution in [-0.2, 0) is 0 Å². The fourth-order valence-corrected chi connectivity index (χ4v) is 3.87. The Bertz CT molecular complexity index is 482. The molecule has 0 unspecified atom stereocenters. The average molecular weight is 286 g/mol. The molecule has 3 rings (SSSR count). The minimum absolute atomic E-state index is 0.0950. The zero-order chi connectivity index (χ0) is 14.7. The van der Waals surface area contributed by atoms with Crippen molar-refractivity contribution in [3.63, 3.8) is 0 Å². The summed E-state index contributed by atoms with van der Waals surface area (Å²) in [6.45, 7) is 2.98. The molecule has 2 aliphatic rings. The second-order valence-corrected chi connectivity index (χ2v) is 6.60. The molecule has 0 spiro atoms. The summed E-state index contributed by atoms with van der Waals surface area (Å²) < 4.78 is 0. The van der Waals surface area contributed by atoms with Gasteiger partial charge in [0.1, 0.15) is 0 Å². The number of nitrogens with zero attached hydrogens (tertiary/aromatic N) is 1. The lowest BCUT2D eigenvalue weighted by Gasteiger charge is -2.38. The van der Waals surface area contributed by atoms with Crippen LogP contribution in [0, 0.1) is 12.8 Å². The number of anilines is 1. The Balaban J connectivity index is 1.70. The number of hydrogen-bond acceptors (Lipinski definition) is 1. The number of aryl methyl sites for hydroxylation is 1. The van der Waals surface area contributed by atoms with Gasteiger partial charge in [-0.05, 0) is 50.7 Å². The molecule has 2 atom stereocenters. The van der Waals surface area contributed by atoms with Gasteiger partial charge in [-0.1, -0.05) is 37.0 Å². The highest BCUT2D eigenvalue weighted by molar-refractivity contribution is 5.89. The molecular formula is C18H26N2O. The van der Waals surface area contributed by atoms with Crippen LogP contribution >= 0.6 is 0 Å². The Morgan fingerprint density at radius 3 is 2.48 bits per heavy atom. The lowest BCUT2D eigenvalue weighted by atomic mass is 9.82. The number of urea groups is 1. The maximum Gasteiger partial charge on any atom is 0.322 e. The number of hydrogen-bond donors (Lipinski definition) is 1. The summed E-state index contributed by atoms with van der Waals surface area (Å²) in [4.78, 5) is 14.8. The monoisotopic (exact) mass is 286 g/mol. The predicted molar refractivity (Wildman–Crippen MR) is 86.5 cm³/mol. The van der Waals surface area contributed by atoms with Gasteiger partial charge in [-0.3, -0.25) is 0 Å². The van der Waals surface area contributed by atoms with Crippen molar-refractivity contribution >= 4 is 11.7 Å². The van der Waals surface area contributed by atoms with Crippen LogP contribution in [0.25, 0.3) is 0 Å². The highest BCUT2D eigenvalue weighted by atomic mass is 16.2. The molecule has 0 aromatic heterocycles. The molecule has 1 saturated carbocycles. The van der Waals surface area contributed by atoms with Gasteiger partial charge in [0.15, 0.2) is 0 Å². The number of nitrogens with one attached hydrogen (secondary N) is 1. The molecule has 1 aliphatic carbocycles. The number of benzene rings is 1. The summed E-state index contributed by atoms with van der Waals surface area (Å²) in [5.41, 5.74) is 2.12. The summed E-state index contributed by atoms with van der Waals surface area (Å²) >= 11 is 0. The van der Waals surface area contributed by atoms with Crippen molar-refractivity contribution in [2.75, 3.05) is 11.9 Å². The Morgan fingerprint density at radius 1 is 1.05 bits per heavy atom. The predicted octanol–water partition coefficient (Wildman–Crippen LogP) is 4.57. The molecular weight excluding hydrogens is 260 g/mol. The zero-order valence-electron chi connectivity index (χ0n) is 13.0. The Hall–Kier alpha value is -1.51. The van der Waals surface area contributed by atoms with Crippen LogP contribution < -0.4 is 5.32 Å². The molecule has 2 amide bonds. The first-order valence-corrected chi connectivity index (χ1v) is 8.38. The molecule has 1 saturated heterocycles. The number of likely N-dealkylation sites (tertiary alicyclic amines) is 1. The topological polar surface area (TPSA) is 32.3 Å². The van der Waals surface area contributed by atoms with E-state index in [0.29, 0.717) is 6.04 Å². The molecule has 1 aromatic carbocycles. The third-order valence-corrected chi connectivity index (χ3v) is 5.06. The van der Waals surface area contributed by atoms with Crippen LogP contribution in [0.3, 0.4) is 0 Å². The van der Waals surface area contributed by atoms with Gasteiger partial charge in [-0.25, -0.2) is 4.79 Å². The summed E-state index contributed by atoms with van der Waals surface area (Å²) in [5, 5.41) is 3.09. The van der Waals surface area contributed by atoms with Gasteiger partial charge in [-0.2, -0.15) is 0 Å². The summed E-state index contributed by atoms with van der Waals surface area (Å²) in [6, 6.07) is 8.62. The maximum absolute atomic E-state index is 12.7. The molecule has 3 nitrogen and oxygen atoms in total. The molecule has 1 N–H and O–H groups in total.